The maximum Gasteiger partial charge on any atom is 0.417 e. The molecule has 10 heteroatoms. The summed E-state index contributed by atoms with van der Waals surface area (Å²) in [6, 6.07) is 2.91. The Morgan fingerprint density at radius 2 is 1.91 bits per heavy atom. The Balaban J connectivity index is 1.49. The summed E-state index contributed by atoms with van der Waals surface area (Å²) in [5.41, 5.74) is 5.02. The molecule has 0 bridgehead atoms. The standard InChI is InChI=1S/C24H32F3N5O2/c1-14(2)22(34)15-3-5-17(6-4-15)31-11-18(12-31)32(13-21(28)33)23-19-9-16(24(25,26)27)10-30-20(19)7-8-29-23/h7-10,14-15,17-18,22,34H,3-6,11-13H2,1-2H3,(H2,28,33)/t15?,17?,22-/m0/s1. The topological polar surface area (TPSA) is 95.6 Å². The molecule has 186 valence electrons. The zero-order valence-electron chi connectivity index (χ0n) is 19.5. The summed E-state index contributed by atoms with van der Waals surface area (Å²) < 4.78 is 39.9. The number of carbonyl (C=O) groups excluding carboxylic acids is 1. The van der Waals surface area contributed by atoms with Gasteiger partial charge >= 0.3 is 6.18 Å². The average Bonchev–Trinajstić information content (AvgIpc) is 2.75. The van der Waals surface area contributed by atoms with Gasteiger partial charge in [-0.05, 0) is 49.7 Å². The predicted octanol–water partition coefficient (Wildman–Crippen LogP) is 3.20. The molecule has 3 N–H and O–H groups in total. The lowest BCUT2D eigenvalue weighted by Gasteiger charge is -2.50. The molecule has 2 aliphatic rings. The van der Waals surface area contributed by atoms with Crippen molar-refractivity contribution in [2.45, 2.75) is 63.9 Å². The summed E-state index contributed by atoms with van der Waals surface area (Å²) in [5, 5.41) is 10.6. The lowest BCUT2D eigenvalue weighted by Crippen LogP contribution is -2.64. The number of carbonyl (C=O) groups is 1. The Kier molecular flexibility index (Phi) is 7.00. The maximum atomic E-state index is 13.3. The van der Waals surface area contributed by atoms with Crippen molar-refractivity contribution in [1.82, 2.24) is 14.9 Å². The lowest BCUT2D eigenvalue weighted by molar-refractivity contribution is -0.137. The summed E-state index contributed by atoms with van der Waals surface area (Å²) in [7, 11) is 0. The van der Waals surface area contributed by atoms with E-state index in [1.54, 1.807) is 11.0 Å². The summed E-state index contributed by atoms with van der Waals surface area (Å²) in [6.07, 6.45) is 1.46. The molecule has 2 aromatic rings. The van der Waals surface area contributed by atoms with Crippen molar-refractivity contribution in [2.24, 2.45) is 17.6 Å². The van der Waals surface area contributed by atoms with Gasteiger partial charge in [0.2, 0.25) is 5.91 Å². The van der Waals surface area contributed by atoms with E-state index in [0.717, 1.165) is 37.9 Å². The highest BCUT2D eigenvalue weighted by Crippen LogP contribution is 2.37. The number of primary amides is 1. The Bertz CT molecular complexity index is 1020. The highest BCUT2D eigenvalue weighted by Gasteiger charge is 2.40. The number of hydrogen-bond donors (Lipinski definition) is 2. The first-order valence-corrected chi connectivity index (χ1v) is 11.8. The van der Waals surface area contributed by atoms with Crippen molar-refractivity contribution in [1.29, 1.82) is 0 Å². The first-order valence-electron chi connectivity index (χ1n) is 11.8. The number of halogens is 3. The number of aliphatic hydroxyl groups excluding tert-OH is 1. The Labute approximate surface area is 197 Å². The van der Waals surface area contributed by atoms with Crippen molar-refractivity contribution >= 4 is 22.6 Å². The van der Waals surface area contributed by atoms with Gasteiger partial charge in [0.15, 0.2) is 0 Å². The van der Waals surface area contributed by atoms with Gasteiger partial charge in [-0.15, -0.1) is 0 Å². The first kappa shape index (κ1) is 24.7. The van der Waals surface area contributed by atoms with Crippen LogP contribution in [0.5, 0.6) is 0 Å². The first-order chi connectivity index (χ1) is 16.0. The molecule has 2 fully saturated rings. The van der Waals surface area contributed by atoms with Crippen molar-refractivity contribution in [2.75, 3.05) is 24.5 Å². The number of pyridine rings is 2. The quantitative estimate of drug-likeness (QED) is 0.633. The third-order valence-electron chi connectivity index (χ3n) is 7.27. The normalized spacial score (nSPS) is 23.1. The number of nitrogens with zero attached hydrogens (tertiary/aromatic N) is 4. The molecular formula is C24H32F3N5O2. The van der Waals surface area contributed by atoms with Crippen molar-refractivity contribution in [3.63, 3.8) is 0 Å². The molecule has 0 spiro atoms. The number of hydrogen-bond acceptors (Lipinski definition) is 6. The van der Waals surface area contributed by atoms with Crippen LogP contribution in [0.1, 0.15) is 45.1 Å². The van der Waals surface area contributed by atoms with Crippen molar-refractivity contribution in [3.8, 4) is 0 Å². The molecule has 34 heavy (non-hydrogen) atoms. The molecular weight excluding hydrogens is 447 g/mol. The fourth-order valence-electron chi connectivity index (χ4n) is 5.30. The molecule has 0 radical (unpaired) electrons. The Hall–Kier alpha value is -2.46. The fourth-order valence-corrected chi connectivity index (χ4v) is 5.30. The smallest absolute Gasteiger partial charge is 0.393 e. The minimum atomic E-state index is -4.53. The largest absolute Gasteiger partial charge is 0.417 e. The molecule has 1 saturated heterocycles. The maximum absolute atomic E-state index is 13.3. The minimum absolute atomic E-state index is 0.0841. The van der Waals surface area contributed by atoms with Crippen LogP contribution in [0, 0.1) is 11.8 Å². The van der Waals surface area contributed by atoms with Gasteiger partial charge in [0.1, 0.15) is 5.82 Å². The van der Waals surface area contributed by atoms with Crippen LogP contribution >= 0.6 is 0 Å². The average molecular weight is 480 g/mol. The minimum Gasteiger partial charge on any atom is -0.393 e. The zero-order chi connectivity index (χ0) is 24.6. The second-order valence-electron chi connectivity index (χ2n) is 9.93. The SMILES string of the molecule is CC(C)[C@H](O)C1CCC(N2CC(N(CC(N)=O)c3nccc4ncc(C(F)(F)F)cc34)C2)CC1. The molecule has 3 heterocycles. The Morgan fingerprint density at radius 1 is 1.24 bits per heavy atom. The van der Waals surface area contributed by atoms with Crippen LogP contribution in [0.3, 0.4) is 0 Å². The lowest BCUT2D eigenvalue weighted by atomic mass is 9.78. The second kappa shape index (κ2) is 9.65. The van der Waals surface area contributed by atoms with Crippen molar-refractivity contribution in [3.05, 3.63) is 30.1 Å². The molecule has 2 aromatic heterocycles. The van der Waals surface area contributed by atoms with Gasteiger partial charge in [-0.3, -0.25) is 14.7 Å². The van der Waals surface area contributed by atoms with Crippen LogP contribution in [-0.2, 0) is 11.0 Å². The predicted molar refractivity (Wildman–Crippen MR) is 123 cm³/mol. The molecule has 0 aromatic carbocycles. The van der Waals surface area contributed by atoms with Gasteiger partial charge in [0.05, 0.1) is 29.8 Å². The number of rotatable bonds is 7. The number of anilines is 1. The molecule has 1 amide bonds. The number of aliphatic hydroxyl groups is 1. The number of fused-ring (bicyclic) bond motifs is 1. The summed E-state index contributed by atoms with van der Waals surface area (Å²) in [6.45, 7) is 5.31. The Morgan fingerprint density at radius 3 is 2.50 bits per heavy atom. The number of amides is 1. The number of nitrogens with two attached hydrogens (primary N) is 1. The molecule has 1 saturated carbocycles. The van der Waals surface area contributed by atoms with E-state index in [2.05, 4.69) is 14.9 Å². The highest BCUT2D eigenvalue weighted by molar-refractivity contribution is 5.92. The molecule has 1 atom stereocenters. The second-order valence-corrected chi connectivity index (χ2v) is 9.93. The van der Waals surface area contributed by atoms with Gasteiger partial charge in [-0.1, -0.05) is 13.8 Å². The van der Waals surface area contributed by atoms with E-state index in [-0.39, 0.29) is 30.0 Å². The third-order valence-corrected chi connectivity index (χ3v) is 7.27. The van der Waals surface area contributed by atoms with Gasteiger partial charge in [0, 0.05) is 36.9 Å². The van der Waals surface area contributed by atoms with E-state index in [0.29, 0.717) is 36.4 Å². The summed E-state index contributed by atoms with van der Waals surface area (Å²) in [4.78, 5) is 24.2. The molecule has 7 nitrogen and oxygen atoms in total. The molecule has 1 aliphatic carbocycles. The molecule has 4 rings (SSSR count). The molecule has 1 aliphatic heterocycles. The van der Waals surface area contributed by atoms with E-state index < -0.39 is 17.6 Å². The van der Waals surface area contributed by atoms with Crippen LogP contribution in [0.2, 0.25) is 0 Å². The van der Waals surface area contributed by atoms with Crippen molar-refractivity contribution < 1.29 is 23.1 Å². The van der Waals surface area contributed by atoms with E-state index in [4.69, 9.17) is 5.73 Å². The van der Waals surface area contributed by atoms with E-state index in [1.165, 1.54) is 6.20 Å². The number of likely N-dealkylation sites (tertiary alicyclic amines) is 1. The van der Waals surface area contributed by atoms with Crippen LogP contribution in [0.4, 0.5) is 19.0 Å². The monoisotopic (exact) mass is 479 g/mol. The van der Waals surface area contributed by atoms with Crippen LogP contribution in [0.15, 0.2) is 24.5 Å². The number of aromatic nitrogens is 2. The van der Waals surface area contributed by atoms with Gasteiger partial charge in [-0.25, -0.2) is 4.98 Å². The van der Waals surface area contributed by atoms with Gasteiger partial charge < -0.3 is 15.7 Å². The van der Waals surface area contributed by atoms with Crippen LogP contribution in [-0.4, -0.2) is 63.7 Å². The summed E-state index contributed by atoms with van der Waals surface area (Å²) >= 11 is 0. The van der Waals surface area contributed by atoms with Crippen LogP contribution in [0.25, 0.3) is 10.9 Å². The fraction of sp³-hybridized carbons (Fsp3) is 0.625. The highest BCUT2D eigenvalue weighted by atomic mass is 19.4. The zero-order valence-corrected chi connectivity index (χ0v) is 19.5. The third kappa shape index (κ3) is 5.12. The number of alkyl halides is 3. The van der Waals surface area contributed by atoms with E-state index in [9.17, 15) is 23.1 Å². The van der Waals surface area contributed by atoms with Crippen LogP contribution < -0.4 is 10.6 Å². The van der Waals surface area contributed by atoms with Gasteiger partial charge in [0.25, 0.3) is 0 Å². The molecule has 0 unspecified atom stereocenters. The summed E-state index contributed by atoms with van der Waals surface area (Å²) in [5.74, 6) is 0.302. The van der Waals surface area contributed by atoms with E-state index in [1.807, 2.05) is 13.8 Å². The van der Waals surface area contributed by atoms with Gasteiger partial charge in [-0.2, -0.15) is 13.2 Å². The van der Waals surface area contributed by atoms with E-state index >= 15 is 0 Å².